The molecule has 1 heterocycles. The molecule has 0 aliphatic heterocycles. The SMILES string of the molecule is C=C(CCC(=O)OC)CNc1cccc(-c2ccnc(OC)c2)c1. The Morgan fingerprint density at radius 1 is 1.17 bits per heavy atom. The minimum Gasteiger partial charge on any atom is -0.481 e. The number of esters is 1. The molecule has 0 amide bonds. The van der Waals surface area contributed by atoms with Gasteiger partial charge in [0.15, 0.2) is 0 Å². The second-order valence-electron chi connectivity index (χ2n) is 5.35. The normalized spacial score (nSPS) is 10.1. The Bertz CT molecular complexity index is 713. The summed E-state index contributed by atoms with van der Waals surface area (Å²) >= 11 is 0. The summed E-state index contributed by atoms with van der Waals surface area (Å²) in [6.07, 6.45) is 2.69. The molecule has 0 saturated heterocycles. The van der Waals surface area contributed by atoms with E-state index in [0.29, 0.717) is 25.3 Å². The lowest BCUT2D eigenvalue weighted by Crippen LogP contribution is -2.07. The van der Waals surface area contributed by atoms with Crippen molar-refractivity contribution in [3.8, 4) is 17.0 Å². The number of hydrogen-bond acceptors (Lipinski definition) is 5. The molecule has 5 nitrogen and oxygen atoms in total. The Hall–Kier alpha value is -2.82. The molecule has 0 spiro atoms. The first kappa shape index (κ1) is 17.5. The molecule has 2 rings (SSSR count). The van der Waals surface area contributed by atoms with Gasteiger partial charge in [-0.2, -0.15) is 0 Å². The van der Waals surface area contributed by atoms with Crippen molar-refractivity contribution in [2.75, 3.05) is 26.1 Å². The van der Waals surface area contributed by atoms with Crippen LogP contribution in [0.2, 0.25) is 0 Å². The summed E-state index contributed by atoms with van der Waals surface area (Å²) in [5.74, 6) is 0.367. The molecule has 0 atom stereocenters. The first-order valence-corrected chi connectivity index (χ1v) is 7.70. The van der Waals surface area contributed by atoms with Crippen LogP contribution in [0.1, 0.15) is 12.8 Å². The van der Waals surface area contributed by atoms with Crippen molar-refractivity contribution in [3.05, 3.63) is 54.7 Å². The quantitative estimate of drug-likeness (QED) is 0.592. The van der Waals surface area contributed by atoms with E-state index in [-0.39, 0.29) is 5.97 Å². The Balaban J connectivity index is 1.97. The van der Waals surface area contributed by atoms with E-state index in [2.05, 4.69) is 27.7 Å². The highest BCUT2D eigenvalue weighted by atomic mass is 16.5. The van der Waals surface area contributed by atoms with Crippen LogP contribution in [0, 0.1) is 0 Å². The zero-order valence-electron chi connectivity index (χ0n) is 14.0. The van der Waals surface area contributed by atoms with Gasteiger partial charge in [0, 0.05) is 30.9 Å². The average molecular weight is 326 g/mol. The van der Waals surface area contributed by atoms with Gasteiger partial charge < -0.3 is 14.8 Å². The zero-order chi connectivity index (χ0) is 17.4. The molecule has 0 fully saturated rings. The standard InChI is InChI=1S/C19H22N2O3/c1-14(7-8-19(22)24-3)13-21-17-6-4-5-15(11-17)16-9-10-20-18(12-16)23-2/h4-6,9-12,21H,1,7-8,13H2,2-3H3. The number of benzene rings is 1. The smallest absolute Gasteiger partial charge is 0.305 e. The lowest BCUT2D eigenvalue weighted by molar-refractivity contribution is -0.140. The van der Waals surface area contributed by atoms with Gasteiger partial charge in [0.2, 0.25) is 5.88 Å². The highest BCUT2D eigenvalue weighted by molar-refractivity contribution is 5.70. The number of hydrogen-bond donors (Lipinski definition) is 1. The van der Waals surface area contributed by atoms with Gasteiger partial charge in [-0.3, -0.25) is 4.79 Å². The topological polar surface area (TPSA) is 60.5 Å². The third kappa shape index (κ3) is 5.12. The van der Waals surface area contributed by atoms with Gasteiger partial charge in [-0.25, -0.2) is 4.98 Å². The Kier molecular flexibility index (Phi) is 6.37. The maximum atomic E-state index is 11.1. The number of rotatable bonds is 8. The Morgan fingerprint density at radius 3 is 2.71 bits per heavy atom. The molecule has 0 bridgehead atoms. The summed E-state index contributed by atoms with van der Waals surface area (Å²) in [6.45, 7) is 4.60. The van der Waals surface area contributed by atoms with E-state index >= 15 is 0 Å². The van der Waals surface area contributed by atoms with Crippen LogP contribution in [0.25, 0.3) is 11.1 Å². The number of aromatic nitrogens is 1. The van der Waals surface area contributed by atoms with Crippen LogP contribution >= 0.6 is 0 Å². The largest absolute Gasteiger partial charge is 0.481 e. The second kappa shape index (κ2) is 8.72. The molecular formula is C19H22N2O3. The molecule has 126 valence electrons. The molecule has 24 heavy (non-hydrogen) atoms. The number of ether oxygens (including phenoxy) is 2. The first-order chi connectivity index (χ1) is 11.6. The fourth-order valence-electron chi connectivity index (χ4n) is 2.21. The van der Waals surface area contributed by atoms with E-state index in [4.69, 9.17) is 4.74 Å². The predicted octanol–water partition coefficient (Wildman–Crippen LogP) is 3.68. The van der Waals surface area contributed by atoms with Crippen molar-refractivity contribution in [1.82, 2.24) is 4.98 Å². The minimum absolute atomic E-state index is 0.218. The van der Waals surface area contributed by atoms with Crippen molar-refractivity contribution in [2.24, 2.45) is 0 Å². The molecule has 1 aromatic carbocycles. The highest BCUT2D eigenvalue weighted by Gasteiger charge is 2.04. The van der Waals surface area contributed by atoms with Gasteiger partial charge in [-0.15, -0.1) is 0 Å². The Morgan fingerprint density at radius 2 is 1.96 bits per heavy atom. The number of nitrogens with one attached hydrogen (secondary N) is 1. The van der Waals surface area contributed by atoms with Crippen LogP contribution in [0.15, 0.2) is 54.7 Å². The lowest BCUT2D eigenvalue weighted by atomic mass is 10.1. The van der Waals surface area contributed by atoms with Crippen LogP contribution in [0.3, 0.4) is 0 Å². The summed E-state index contributed by atoms with van der Waals surface area (Å²) in [5.41, 5.74) is 4.05. The third-order valence-corrected chi connectivity index (χ3v) is 3.59. The lowest BCUT2D eigenvalue weighted by Gasteiger charge is -2.11. The van der Waals surface area contributed by atoms with Crippen molar-refractivity contribution in [2.45, 2.75) is 12.8 Å². The zero-order valence-corrected chi connectivity index (χ0v) is 14.0. The molecule has 1 N–H and O–H groups in total. The molecule has 5 heteroatoms. The van der Waals surface area contributed by atoms with Gasteiger partial charge >= 0.3 is 5.97 Å². The number of nitrogens with zero attached hydrogens (tertiary/aromatic N) is 1. The van der Waals surface area contributed by atoms with Crippen LogP contribution in [0.5, 0.6) is 5.88 Å². The number of pyridine rings is 1. The molecule has 1 aromatic heterocycles. The second-order valence-corrected chi connectivity index (χ2v) is 5.35. The van der Waals surface area contributed by atoms with E-state index < -0.39 is 0 Å². The third-order valence-electron chi connectivity index (χ3n) is 3.59. The summed E-state index contributed by atoms with van der Waals surface area (Å²) in [5, 5.41) is 3.33. The van der Waals surface area contributed by atoms with Crippen LogP contribution in [-0.4, -0.2) is 31.7 Å². The number of anilines is 1. The van der Waals surface area contributed by atoms with Gasteiger partial charge in [0.05, 0.1) is 14.2 Å². The molecule has 0 aliphatic rings. The van der Waals surface area contributed by atoms with Crippen molar-refractivity contribution >= 4 is 11.7 Å². The van der Waals surface area contributed by atoms with E-state index in [0.717, 1.165) is 22.4 Å². The van der Waals surface area contributed by atoms with E-state index in [1.807, 2.05) is 30.3 Å². The summed E-state index contributed by atoms with van der Waals surface area (Å²) in [7, 11) is 2.99. The Labute approximate surface area is 142 Å². The molecule has 0 unspecified atom stereocenters. The predicted molar refractivity (Wildman–Crippen MR) is 95.1 cm³/mol. The minimum atomic E-state index is -0.218. The van der Waals surface area contributed by atoms with Crippen LogP contribution in [-0.2, 0) is 9.53 Å². The van der Waals surface area contributed by atoms with Crippen molar-refractivity contribution < 1.29 is 14.3 Å². The molecule has 0 aliphatic carbocycles. The van der Waals surface area contributed by atoms with Crippen LogP contribution in [0.4, 0.5) is 5.69 Å². The van der Waals surface area contributed by atoms with Crippen LogP contribution < -0.4 is 10.1 Å². The van der Waals surface area contributed by atoms with Gasteiger partial charge in [0.25, 0.3) is 0 Å². The fourth-order valence-corrected chi connectivity index (χ4v) is 2.21. The van der Waals surface area contributed by atoms with E-state index in [1.54, 1.807) is 13.3 Å². The van der Waals surface area contributed by atoms with Gasteiger partial charge in [-0.1, -0.05) is 24.3 Å². The summed E-state index contributed by atoms with van der Waals surface area (Å²) < 4.78 is 9.80. The van der Waals surface area contributed by atoms with Gasteiger partial charge in [0.1, 0.15) is 0 Å². The average Bonchev–Trinajstić information content (AvgIpc) is 2.64. The van der Waals surface area contributed by atoms with Crippen molar-refractivity contribution in [3.63, 3.8) is 0 Å². The highest BCUT2D eigenvalue weighted by Crippen LogP contribution is 2.24. The van der Waals surface area contributed by atoms with Crippen molar-refractivity contribution in [1.29, 1.82) is 0 Å². The number of carbonyl (C=O) groups is 1. The summed E-state index contributed by atoms with van der Waals surface area (Å²) in [4.78, 5) is 15.3. The first-order valence-electron chi connectivity index (χ1n) is 7.70. The molecule has 0 saturated carbocycles. The molecular weight excluding hydrogens is 304 g/mol. The molecule has 2 aromatic rings. The summed E-state index contributed by atoms with van der Waals surface area (Å²) in [6, 6.07) is 11.9. The monoisotopic (exact) mass is 326 g/mol. The number of methoxy groups -OCH3 is 2. The number of carbonyl (C=O) groups excluding carboxylic acids is 1. The fraction of sp³-hybridized carbons (Fsp3) is 0.263. The maximum Gasteiger partial charge on any atom is 0.305 e. The van der Waals surface area contributed by atoms with E-state index in [1.165, 1.54) is 7.11 Å². The van der Waals surface area contributed by atoms with E-state index in [9.17, 15) is 4.79 Å². The molecule has 0 radical (unpaired) electrons. The van der Waals surface area contributed by atoms with Gasteiger partial charge in [-0.05, 0) is 35.7 Å². The maximum absolute atomic E-state index is 11.1.